The molecule has 86 valence electrons. The van der Waals surface area contributed by atoms with E-state index in [1.165, 1.54) is 0 Å². The van der Waals surface area contributed by atoms with Gasteiger partial charge in [0.25, 0.3) is 0 Å². The van der Waals surface area contributed by atoms with Crippen LogP contribution >= 0.6 is 34.8 Å². The van der Waals surface area contributed by atoms with E-state index in [1.807, 2.05) is 13.0 Å². The van der Waals surface area contributed by atoms with Gasteiger partial charge in [-0.25, -0.2) is 0 Å². The Bertz CT molecular complexity index is 409. The van der Waals surface area contributed by atoms with Crippen molar-refractivity contribution >= 4 is 46.1 Å². The zero-order chi connectivity index (χ0) is 12.0. The van der Waals surface area contributed by atoms with E-state index in [0.29, 0.717) is 5.11 Å². The van der Waals surface area contributed by atoms with Crippen LogP contribution in [0.5, 0.6) is 5.75 Å². The normalized spacial score (nSPS) is 10.4. The van der Waals surface area contributed by atoms with Crippen molar-refractivity contribution in [2.45, 2.75) is 6.92 Å². The Morgan fingerprint density at radius 2 is 2.38 bits per heavy atom. The number of aromatic hydroxyl groups is 1. The van der Waals surface area contributed by atoms with Gasteiger partial charge in [-0.2, -0.15) is 5.10 Å². The minimum absolute atomic E-state index is 0.272. The molecule has 0 atom stereocenters. The lowest BCUT2D eigenvalue weighted by Crippen LogP contribution is -2.31. The highest BCUT2D eigenvalue weighted by molar-refractivity contribution is 14.1. The Kier molecular flexibility index (Phi) is 5.47. The molecule has 6 heteroatoms. The van der Waals surface area contributed by atoms with Crippen LogP contribution in [0.2, 0.25) is 0 Å². The van der Waals surface area contributed by atoms with Crippen LogP contribution in [-0.2, 0) is 0 Å². The molecule has 0 aliphatic rings. The van der Waals surface area contributed by atoms with Gasteiger partial charge in [0.05, 0.1) is 9.78 Å². The van der Waals surface area contributed by atoms with E-state index in [0.717, 1.165) is 15.7 Å². The molecule has 16 heavy (non-hydrogen) atoms. The topological polar surface area (TPSA) is 56.7 Å². The molecule has 0 amide bonds. The van der Waals surface area contributed by atoms with Gasteiger partial charge in [-0.05, 0) is 65.5 Å². The van der Waals surface area contributed by atoms with Crippen LogP contribution in [-0.4, -0.2) is 23.0 Å². The summed E-state index contributed by atoms with van der Waals surface area (Å²) in [4.78, 5) is 0. The Morgan fingerprint density at radius 1 is 1.62 bits per heavy atom. The van der Waals surface area contributed by atoms with Gasteiger partial charge in [0.2, 0.25) is 0 Å². The van der Waals surface area contributed by atoms with Gasteiger partial charge in [-0.1, -0.05) is 0 Å². The Hall–Kier alpha value is -0.890. The lowest BCUT2D eigenvalue weighted by atomic mass is 10.2. The smallest absolute Gasteiger partial charge is 0.186 e. The zero-order valence-corrected chi connectivity index (χ0v) is 11.7. The summed E-state index contributed by atoms with van der Waals surface area (Å²) in [7, 11) is 0. The van der Waals surface area contributed by atoms with E-state index in [9.17, 15) is 5.11 Å². The van der Waals surface area contributed by atoms with Crippen LogP contribution in [0, 0.1) is 3.57 Å². The van der Waals surface area contributed by atoms with Crippen molar-refractivity contribution in [1.82, 2.24) is 10.7 Å². The van der Waals surface area contributed by atoms with E-state index in [-0.39, 0.29) is 5.75 Å². The van der Waals surface area contributed by atoms with E-state index in [4.69, 9.17) is 12.2 Å². The van der Waals surface area contributed by atoms with Gasteiger partial charge < -0.3 is 10.4 Å². The first-order valence-electron chi connectivity index (χ1n) is 4.69. The number of nitrogens with one attached hydrogen (secondary N) is 2. The molecule has 0 fully saturated rings. The molecule has 1 aromatic carbocycles. The number of hydrogen-bond acceptors (Lipinski definition) is 3. The lowest BCUT2D eigenvalue weighted by Gasteiger charge is -2.02. The second-order valence-corrected chi connectivity index (χ2v) is 4.51. The van der Waals surface area contributed by atoms with Gasteiger partial charge in [-0.3, -0.25) is 5.43 Å². The number of phenols is 1. The second-order valence-electron chi connectivity index (χ2n) is 2.94. The molecule has 0 aromatic heterocycles. The Labute approximate surface area is 113 Å². The Balaban J connectivity index is 2.56. The second kappa shape index (κ2) is 6.64. The predicted molar refractivity (Wildman–Crippen MR) is 77.8 cm³/mol. The van der Waals surface area contributed by atoms with Crippen molar-refractivity contribution < 1.29 is 5.11 Å². The highest BCUT2D eigenvalue weighted by atomic mass is 127. The molecule has 4 nitrogen and oxygen atoms in total. The summed E-state index contributed by atoms with van der Waals surface area (Å²) < 4.78 is 0.788. The van der Waals surface area contributed by atoms with E-state index in [1.54, 1.807) is 18.3 Å². The summed E-state index contributed by atoms with van der Waals surface area (Å²) in [5, 5.41) is 16.7. The first kappa shape index (κ1) is 13.2. The van der Waals surface area contributed by atoms with Gasteiger partial charge in [0, 0.05) is 6.54 Å². The fourth-order valence-corrected chi connectivity index (χ4v) is 1.71. The van der Waals surface area contributed by atoms with Crippen molar-refractivity contribution in [3.05, 3.63) is 27.3 Å². The number of phenolic OH excluding ortho intramolecular Hbond substituents is 1. The minimum Gasteiger partial charge on any atom is -0.507 e. The summed E-state index contributed by atoms with van der Waals surface area (Å²) in [6.07, 6.45) is 1.64. The van der Waals surface area contributed by atoms with E-state index < -0.39 is 0 Å². The maximum absolute atomic E-state index is 9.33. The van der Waals surface area contributed by atoms with Gasteiger partial charge in [0.15, 0.2) is 5.11 Å². The van der Waals surface area contributed by atoms with Crippen molar-refractivity contribution in [1.29, 1.82) is 0 Å². The molecule has 0 spiro atoms. The molecule has 0 saturated heterocycles. The number of nitrogens with zero attached hydrogens (tertiary/aromatic N) is 1. The molecule has 0 aliphatic carbocycles. The molecule has 0 aliphatic heterocycles. The molecule has 0 radical (unpaired) electrons. The number of hydrazone groups is 1. The van der Waals surface area contributed by atoms with Crippen molar-refractivity contribution in [3.63, 3.8) is 0 Å². The summed E-state index contributed by atoms with van der Waals surface area (Å²) >= 11 is 7.00. The maximum atomic E-state index is 9.33. The standard InChI is InChI=1S/C10H12IN3OS/c1-2-12-10(16)14-13-6-7-3-4-9(15)8(11)5-7/h3-6,15H,2H2,1H3,(H2,12,14,16)/b13-6-. The van der Waals surface area contributed by atoms with Gasteiger partial charge in [-0.15, -0.1) is 0 Å². The number of hydrogen-bond donors (Lipinski definition) is 3. The summed E-state index contributed by atoms with van der Waals surface area (Å²) in [5.41, 5.74) is 3.59. The lowest BCUT2D eigenvalue weighted by molar-refractivity contribution is 0.471. The fourth-order valence-electron chi connectivity index (χ4n) is 0.969. The molecular weight excluding hydrogens is 337 g/mol. The molecule has 3 N–H and O–H groups in total. The summed E-state index contributed by atoms with van der Waals surface area (Å²) in [5.74, 6) is 0.272. The summed E-state index contributed by atoms with van der Waals surface area (Å²) in [6.45, 7) is 2.72. The molecule has 1 rings (SSSR count). The molecule has 0 saturated carbocycles. The van der Waals surface area contributed by atoms with Crippen LogP contribution in [0.1, 0.15) is 12.5 Å². The van der Waals surface area contributed by atoms with Gasteiger partial charge in [0.1, 0.15) is 5.75 Å². The van der Waals surface area contributed by atoms with Crippen molar-refractivity contribution in [3.8, 4) is 5.75 Å². The molecule has 1 aromatic rings. The monoisotopic (exact) mass is 349 g/mol. The van der Waals surface area contributed by atoms with E-state index in [2.05, 4.69) is 38.4 Å². The van der Waals surface area contributed by atoms with Crippen LogP contribution in [0.4, 0.5) is 0 Å². The molecule has 0 heterocycles. The third-order valence-corrected chi connectivity index (χ3v) is 2.79. The van der Waals surface area contributed by atoms with Crippen LogP contribution in [0.15, 0.2) is 23.3 Å². The summed E-state index contributed by atoms with van der Waals surface area (Å²) in [6, 6.07) is 5.24. The SMILES string of the molecule is CCNC(=S)N/N=C\c1ccc(O)c(I)c1. The van der Waals surface area contributed by atoms with Crippen molar-refractivity contribution in [2.24, 2.45) is 5.10 Å². The zero-order valence-electron chi connectivity index (χ0n) is 8.70. The number of thiocarbonyl (C=S) groups is 1. The van der Waals surface area contributed by atoms with Crippen molar-refractivity contribution in [2.75, 3.05) is 6.54 Å². The first-order chi connectivity index (χ1) is 7.63. The quantitative estimate of drug-likeness (QED) is 0.337. The number of benzene rings is 1. The van der Waals surface area contributed by atoms with Crippen LogP contribution < -0.4 is 10.7 Å². The predicted octanol–water partition coefficient (Wildman–Crippen LogP) is 1.81. The average molecular weight is 349 g/mol. The largest absolute Gasteiger partial charge is 0.507 e. The highest BCUT2D eigenvalue weighted by Gasteiger charge is 1.97. The molecule has 0 unspecified atom stereocenters. The first-order valence-corrected chi connectivity index (χ1v) is 6.17. The van der Waals surface area contributed by atoms with Crippen LogP contribution in [0.3, 0.4) is 0 Å². The van der Waals surface area contributed by atoms with Crippen LogP contribution in [0.25, 0.3) is 0 Å². The third-order valence-electron chi connectivity index (χ3n) is 1.69. The average Bonchev–Trinajstić information content (AvgIpc) is 2.24. The third kappa shape index (κ3) is 4.31. The van der Waals surface area contributed by atoms with Gasteiger partial charge >= 0.3 is 0 Å². The molecule has 0 bridgehead atoms. The highest BCUT2D eigenvalue weighted by Crippen LogP contribution is 2.19. The fraction of sp³-hybridized carbons (Fsp3) is 0.200. The maximum Gasteiger partial charge on any atom is 0.186 e. The number of halogens is 1. The minimum atomic E-state index is 0.272. The Morgan fingerprint density at radius 3 is 3.00 bits per heavy atom. The van der Waals surface area contributed by atoms with E-state index >= 15 is 0 Å². The molecular formula is C10H12IN3OS. The number of rotatable bonds is 3.